The number of hydrogen-bond donors (Lipinski definition) is 2. The van der Waals surface area contributed by atoms with Gasteiger partial charge in [-0.05, 0) is 37.5 Å². The zero-order valence-corrected chi connectivity index (χ0v) is 18.1. The van der Waals surface area contributed by atoms with E-state index in [-0.39, 0.29) is 0 Å². The lowest BCUT2D eigenvalue weighted by Gasteiger charge is -2.26. The average molecular weight is 424 g/mol. The van der Waals surface area contributed by atoms with Crippen molar-refractivity contribution >= 4 is 16.0 Å². The van der Waals surface area contributed by atoms with Gasteiger partial charge in [0.15, 0.2) is 5.96 Å². The Morgan fingerprint density at radius 3 is 2.41 bits per heavy atom. The first-order valence-corrected chi connectivity index (χ1v) is 11.9. The Balaban J connectivity index is 1.53. The Morgan fingerprint density at radius 1 is 1.07 bits per heavy atom. The molecule has 0 aromatic heterocycles. The van der Waals surface area contributed by atoms with E-state index in [9.17, 15) is 8.42 Å². The van der Waals surface area contributed by atoms with E-state index in [2.05, 4.69) is 20.5 Å². The maximum atomic E-state index is 12.6. The van der Waals surface area contributed by atoms with E-state index in [1.165, 1.54) is 0 Å². The van der Waals surface area contributed by atoms with Crippen molar-refractivity contribution in [3.05, 3.63) is 29.8 Å². The van der Waals surface area contributed by atoms with Crippen LogP contribution in [0.15, 0.2) is 34.2 Å². The lowest BCUT2D eigenvalue weighted by Crippen LogP contribution is -2.44. The Bertz CT molecular complexity index is 755. The van der Waals surface area contributed by atoms with Crippen LogP contribution in [-0.4, -0.2) is 82.6 Å². The van der Waals surface area contributed by atoms with Gasteiger partial charge in [0, 0.05) is 45.8 Å². The SMILES string of the molecule is CCNC(=NCc1ccc(S(=O)(=O)N2CCCC2)cc1)NCCN1CCOCC1. The Morgan fingerprint density at radius 2 is 1.76 bits per heavy atom. The molecule has 2 heterocycles. The van der Waals surface area contributed by atoms with Crippen LogP contribution in [-0.2, 0) is 21.3 Å². The molecule has 3 rings (SSSR count). The van der Waals surface area contributed by atoms with Crippen molar-refractivity contribution in [2.75, 3.05) is 59.0 Å². The molecule has 0 unspecified atom stereocenters. The number of aliphatic imine (C=N–C) groups is 1. The van der Waals surface area contributed by atoms with Gasteiger partial charge in [0.2, 0.25) is 10.0 Å². The fourth-order valence-corrected chi connectivity index (χ4v) is 5.03. The molecule has 0 amide bonds. The number of benzene rings is 1. The van der Waals surface area contributed by atoms with E-state index in [0.717, 1.165) is 70.3 Å². The van der Waals surface area contributed by atoms with Gasteiger partial charge >= 0.3 is 0 Å². The number of nitrogens with one attached hydrogen (secondary N) is 2. The molecule has 0 spiro atoms. The molecule has 162 valence electrons. The van der Waals surface area contributed by atoms with Crippen LogP contribution in [0.3, 0.4) is 0 Å². The van der Waals surface area contributed by atoms with Crippen molar-refractivity contribution in [1.29, 1.82) is 0 Å². The highest BCUT2D eigenvalue weighted by molar-refractivity contribution is 7.89. The van der Waals surface area contributed by atoms with Crippen LogP contribution in [0.4, 0.5) is 0 Å². The van der Waals surface area contributed by atoms with Gasteiger partial charge in [0.05, 0.1) is 24.7 Å². The second-order valence-electron chi connectivity index (χ2n) is 7.33. The third-order valence-corrected chi connectivity index (χ3v) is 7.13. The topological polar surface area (TPSA) is 86.3 Å². The first-order chi connectivity index (χ1) is 14.1. The lowest BCUT2D eigenvalue weighted by atomic mass is 10.2. The molecule has 0 bridgehead atoms. The highest BCUT2D eigenvalue weighted by Crippen LogP contribution is 2.21. The van der Waals surface area contributed by atoms with Crippen LogP contribution < -0.4 is 10.6 Å². The van der Waals surface area contributed by atoms with Crippen LogP contribution in [0.2, 0.25) is 0 Å². The van der Waals surface area contributed by atoms with Gasteiger partial charge in [0.1, 0.15) is 0 Å². The molecule has 2 aliphatic heterocycles. The fourth-order valence-electron chi connectivity index (χ4n) is 3.51. The lowest BCUT2D eigenvalue weighted by molar-refractivity contribution is 0.0389. The van der Waals surface area contributed by atoms with E-state index < -0.39 is 10.0 Å². The van der Waals surface area contributed by atoms with E-state index in [1.54, 1.807) is 16.4 Å². The Labute approximate surface area is 174 Å². The summed E-state index contributed by atoms with van der Waals surface area (Å²) >= 11 is 0. The largest absolute Gasteiger partial charge is 0.379 e. The Kier molecular flexibility index (Phi) is 8.29. The maximum absolute atomic E-state index is 12.6. The summed E-state index contributed by atoms with van der Waals surface area (Å²) in [5, 5.41) is 6.62. The van der Waals surface area contributed by atoms with Crippen LogP contribution in [0.5, 0.6) is 0 Å². The van der Waals surface area contributed by atoms with E-state index in [1.807, 2.05) is 19.1 Å². The summed E-state index contributed by atoms with van der Waals surface area (Å²) in [6, 6.07) is 7.09. The molecule has 8 nitrogen and oxygen atoms in total. The van der Waals surface area contributed by atoms with Crippen molar-refractivity contribution in [3.63, 3.8) is 0 Å². The number of rotatable bonds is 8. The monoisotopic (exact) mass is 423 g/mol. The minimum absolute atomic E-state index is 0.364. The summed E-state index contributed by atoms with van der Waals surface area (Å²) in [4.78, 5) is 7.37. The highest BCUT2D eigenvalue weighted by Gasteiger charge is 2.26. The molecule has 29 heavy (non-hydrogen) atoms. The second-order valence-corrected chi connectivity index (χ2v) is 9.27. The highest BCUT2D eigenvalue weighted by atomic mass is 32.2. The van der Waals surface area contributed by atoms with Crippen molar-refractivity contribution in [3.8, 4) is 0 Å². The summed E-state index contributed by atoms with van der Waals surface area (Å²) in [6.07, 6.45) is 1.88. The molecule has 0 atom stereocenters. The van der Waals surface area contributed by atoms with Gasteiger partial charge in [-0.25, -0.2) is 13.4 Å². The molecular weight excluding hydrogens is 390 g/mol. The number of morpholine rings is 1. The molecule has 9 heteroatoms. The number of nitrogens with zero attached hydrogens (tertiary/aromatic N) is 3. The minimum Gasteiger partial charge on any atom is -0.379 e. The number of ether oxygens (including phenoxy) is 1. The van der Waals surface area contributed by atoms with Crippen LogP contribution in [0.1, 0.15) is 25.3 Å². The molecule has 0 aliphatic carbocycles. The molecule has 2 N–H and O–H groups in total. The normalized spacial score (nSPS) is 19.4. The summed E-state index contributed by atoms with van der Waals surface area (Å²) in [5.74, 6) is 0.773. The molecular formula is C20H33N5O3S. The van der Waals surface area contributed by atoms with Gasteiger partial charge in [-0.15, -0.1) is 0 Å². The van der Waals surface area contributed by atoms with Crippen molar-refractivity contribution in [2.45, 2.75) is 31.2 Å². The van der Waals surface area contributed by atoms with Gasteiger partial charge < -0.3 is 15.4 Å². The molecule has 2 aliphatic rings. The summed E-state index contributed by atoms with van der Waals surface area (Å²) in [7, 11) is -3.36. The van der Waals surface area contributed by atoms with E-state index >= 15 is 0 Å². The molecule has 1 aromatic rings. The average Bonchev–Trinajstić information content (AvgIpc) is 3.29. The molecule has 0 radical (unpaired) electrons. The van der Waals surface area contributed by atoms with E-state index in [4.69, 9.17) is 4.74 Å². The van der Waals surface area contributed by atoms with Crippen LogP contribution >= 0.6 is 0 Å². The molecule has 0 saturated carbocycles. The predicted molar refractivity (Wildman–Crippen MR) is 115 cm³/mol. The van der Waals surface area contributed by atoms with Crippen molar-refractivity contribution in [1.82, 2.24) is 19.8 Å². The van der Waals surface area contributed by atoms with Crippen molar-refractivity contribution in [2.24, 2.45) is 4.99 Å². The zero-order valence-electron chi connectivity index (χ0n) is 17.3. The maximum Gasteiger partial charge on any atom is 0.243 e. The van der Waals surface area contributed by atoms with Gasteiger partial charge in [-0.2, -0.15) is 4.31 Å². The quantitative estimate of drug-likeness (QED) is 0.476. The van der Waals surface area contributed by atoms with Crippen LogP contribution in [0.25, 0.3) is 0 Å². The fraction of sp³-hybridized carbons (Fsp3) is 0.650. The second kappa shape index (κ2) is 10.9. The van der Waals surface area contributed by atoms with Crippen molar-refractivity contribution < 1.29 is 13.2 Å². The summed E-state index contributed by atoms with van der Waals surface area (Å²) in [5.41, 5.74) is 0.982. The number of hydrogen-bond acceptors (Lipinski definition) is 5. The Hall–Kier alpha value is -1.68. The summed E-state index contributed by atoms with van der Waals surface area (Å²) < 4.78 is 32.2. The van der Waals surface area contributed by atoms with E-state index in [0.29, 0.717) is 24.5 Å². The standard InChI is InChI=1S/C20H33N5O3S/c1-2-21-20(22-9-12-24-13-15-28-16-14-24)23-17-18-5-7-19(8-6-18)29(26,27)25-10-3-4-11-25/h5-8H,2-4,9-17H2,1H3,(H2,21,22,23). The molecule has 1 aromatic carbocycles. The first kappa shape index (κ1) is 22.0. The first-order valence-electron chi connectivity index (χ1n) is 10.5. The number of sulfonamides is 1. The van der Waals surface area contributed by atoms with Gasteiger partial charge in [0.25, 0.3) is 0 Å². The summed E-state index contributed by atoms with van der Waals surface area (Å²) in [6.45, 7) is 9.90. The number of guanidine groups is 1. The van der Waals surface area contributed by atoms with Gasteiger partial charge in [-0.3, -0.25) is 4.90 Å². The molecule has 2 saturated heterocycles. The predicted octanol–water partition coefficient (Wildman–Crippen LogP) is 0.858. The van der Waals surface area contributed by atoms with Crippen LogP contribution in [0, 0.1) is 0 Å². The zero-order chi connectivity index (χ0) is 20.5. The van der Waals surface area contributed by atoms with Gasteiger partial charge in [-0.1, -0.05) is 12.1 Å². The smallest absolute Gasteiger partial charge is 0.243 e. The molecule has 2 fully saturated rings. The third-order valence-electron chi connectivity index (χ3n) is 5.21. The minimum atomic E-state index is -3.36. The third kappa shape index (κ3) is 6.40.